The number of amides is 1. The second-order valence-electron chi connectivity index (χ2n) is 3.87. The van der Waals surface area contributed by atoms with Gasteiger partial charge in [0.05, 0.1) is 12.2 Å². The fourth-order valence-corrected chi connectivity index (χ4v) is 2.91. The highest BCUT2D eigenvalue weighted by Gasteiger charge is 2.12. The van der Waals surface area contributed by atoms with E-state index >= 15 is 0 Å². The van der Waals surface area contributed by atoms with Gasteiger partial charge in [-0.25, -0.2) is 4.39 Å². The molecule has 0 spiro atoms. The third-order valence-electron chi connectivity index (χ3n) is 2.28. The standard InChI is InChI=1S/C12H10FN3O3S2/c13-8-4-2-1-3-7(8)5-9(17)14-11-15-16-12(21-11)20-6-10(18)19/h1-4H,5-6H2,(H,18,19)(H,14,15,17). The summed E-state index contributed by atoms with van der Waals surface area (Å²) < 4.78 is 13.8. The number of carbonyl (C=O) groups excluding carboxylic acids is 1. The van der Waals surface area contributed by atoms with Gasteiger partial charge in [0.1, 0.15) is 5.82 Å². The Morgan fingerprint density at radius 2 is 2.10 bits per heavy atom. The van der Waals surface area contributed by atoms with Gasteiger partial charge in [-0.3, -0.25) is 9.59 Å². The van der Waals surface area contributed by atoms with Crippen LogP contribution in [-0.2, 0) is 16.0 Å². The summed E-state index contributed by atoms with van der Waals surface area (Å²) >= 11 is 2.09. The second kappa shape index (κ2) is 7.14. The molecule has 21 heavy (non-hydrogen) atoms. The van der Waals surface area contributed by atoms with Gasteiger partial charge in [-0.05, 0) is 11.6 Å². The van der Waals surface area contributed by atoms with E-state index in [0.717, 1.165) is 23.1 Å². The SMILES string of the molecule is O=C(O)CSc1nnc(NC(=O)Cc2ccccc2F)s1. The Bertz CT molecular complexity index is 663. The zero-order chi connectivity index (χ0) is 15.2. The average Bonchev–Trinajstić information content (AvgIpc) is 2.86. The highest BCUT2D eigenvalue weighted by atomic mass is 32.2. The molecule has 2 rings (SSSR count). The molecule has 0 atom stereocenters. The van der Waals surface area contributed by atoms with Crippen LogP contribution in [0.5, 0.6) is 0 Å². The normalized spacial score (nSPS) is 10.3. The van der Waals surface area contributed by atoms with Crippen molar-refractivity contribution < 1.29 is 19.1 Å². The number of aromatic nitrogens is 2. The summed E-state index contributed by atoms with van der Waals surface area (Å²) in [5.74, 6) is -1.94. The maximum Gasteiger partial charge on any atom is 0.313 e. The van der Waals surface area contributed by atoms with Crippen LogP contribution in [0.25, 0.3) is 0 Å². The molecular weight excluding hydrogens is 317 g/mol. The van der Waals surface area contributed by atoms with Crippen LogP contribution >= 0.6 is 23.1 Å². The number of thioether (sulfide) groups is 1. The maximum atomic E-state index is 13.4. The van der Waals surface area contributed by atoms with E-state index in [2.05, 4.69) is 15.5 Å². The number of aliphatic carboxylic acids is 1. The highest BCUT2D eigenvalue weighted by Crippen LogP contribution is 2.25. The molecule has 9 heteroatoms. The number of carbonyl (C=O) groups is 2. The number of nitrogens with one attached hydrogen (secondary N) is 1. The molecule has 1 aromatic carbocycles. The van der Waals surface area contributed by atoms with Gasteiger partial charge in [-0.2, -0.15) is 0 Å². The smallest absolute Gasteiger partial charge is 0.313 e. The zero-order valence-electron chi connectivity index (χ0n) is 10.6. The minimum absolute atomic E-state index is 0.107. The largest absolute Gasteiger partial charge is 0.481 e. The first-order chi connectivity index (χ1) is 10.0. The fourth-order valence-electron chi connectivity index (χ4n) is 1.42. The molecule has 2 aromatic rings. The quantitative estimate of drug-likeness (QED) is 0.623. The molecule has 1 amide bonds. The number of carboxylic acid groups (broad SMARTS) is 1. The Morgan fingerprint density at radius 1 is 1.33 bits per heavy atom. The number of benzene rings is 1. The van der Waals surface area contributed by atoms with Crippen molar-refractivity contribution >= 4 is 40.1 Å². The molecule has 6 nitrogen and oxygen atoms in total. The van der Waals surface area contributed by atoms with Crippen LogP contribution in [0.3, 0.4) is 0 Å². The van der Waals surface area contributed by atoms with E-state index in [1.807, 2.05) is 0 Å². The average molecular weight is 327 g/mol. The first-order valence-corrected chi connectivity index (χ1v) is 7.56. The molecule has 0 aliphatic heterocycles. The molecule has 0 bridgehead atoms. The van der Waals surface area contributed by atoms with Crippen LogP contribution in [0, 0.1) is 5.82 Å². The molecule has 0 aliphatic rings. The molecule has 0 radical (unpaired) electrons. The van der Waals surface area contributed by atoms with Gasteiger partial charge >= 0.3 is 5.97 Å². The molecule has 110 valence electrons. The lowest BCUT2D eigenvalue weighted by molar-refractivity contribution is -0.133. The van der Waals surface area contributed by atoms with Gasteiger partial charge < -0.3 is 10.4 Å². The van der Waals surface area contributed by atoms with E-state index in [1.54, 1.807) is 12.1 Å². The Morgan fingerprint density at radius 3 is 2.81 bits per heavy atom. The predicted molar refractivity (Wildman–Crippen MR) is 77.0 cm³/mol. The topological polar surface area (TPSA) is 92.2 Å². The number of hydrogen-bond acceptors (Lipinski definition) is 6. The lowest BCUT2D eigenvalue weighted by atomic mass is 10.1. The zero-order valence-corrected chi connectivity index (χ0v) is 12.2. The lowest BCUT2D eigenvalue weighted by Gasteiger charge is -2.02. The van der Waals surface area contributed by atoms with Gasteiger partial charge in [0.15, 0.2) is 4.34 Å². The van der Waals surface area contributed by atoms with Crippen LogP contribution in [-0.4, -0.2) is 32.9 Å². The van der Waals surface area contributed by atoms with Gasteiger partial charge in [0, 0.05) is 0 Å². The van der Waals surface area contributed by atoms with Crippen molar-refractivity contribution in [3.8, 4) is 0 Å². The van der Waals surface area contributed by atoms with Crippen LogP contribution in [0.4, 0.5) is 9.52 Å². The van der Waals surface area contributed by atoms with E-state index in [1.165, 1.54) is 12.1 Å². The highest BCUT2D eigenvalue weighted by molar-refractivity contribution is 8.01. The minimum atomic E-state index is -0.958. The number of hydrogen-bond donors (Lipinski definition) is 2. The fraction of sp³-hybridized carbons (Fsp3) is 0.167. The molecular formula is C12H10FN3O3S2. The van der Waals surface area contributed by atoms with Gasteiger partial charge in [0.2, 0.25) is 11.0 Å². The summed E-state index contributed by atoms with van der Waals surface area (Å²) in [6.45, 7) is 0. The summed E-state index contributed by atoms with van der Waals surface area (Å²) in [5, 5.41) is 18.8. The van der Waals surface area contributed by atoms with E-state index in [-0.39, 0.29) is 17.3 Å². The Balaban J connectivity index is 1.91. The van der Waals surface area contributed by atoms with Crippen molar-refractivity contribution in [3.63, 3.8) is 0 Å². The molecule has 1 aromatic heterocycles. The maximum absolute atomic E-state index is 13.4. The second-order valence-corrected chi connectivity index (χ2v) is 6.07. The molecule has 0 saturated heterocycles. The van der Waals surface area contributed by atoms with Crippen LogP contribution in [0.1, 0.15) is 5.56 Å². The van der Waals surface area contributed by atoms with Crippen LogP contribution < -0.4 is 5.32 Å². The third kappa shape index (κ3) is 4.80. The summed E-state index contributed by atoms with van der Waals surface area (Å²) in [6.07, 6.45) is -0.107. The summed E-state index contributed by atoms with van der Waals surface area (Å²) in [6, 6.07) is 6.02. The Labute approximate surface area is 127 Å². The number of carboxylic acids is 1. The molecule has 1 heterocycles. The molecule has 0 aliphatic carbocycles. The first-order valence-electron chi connectivity index (χ1n) is 5.76. The van der Waals surface area contributed by atoms with Crippen molar-refractivity contribution in [2.75, 3.05) is 11.1 Å². The summed E-state index contributed by atoms with van der Waals surface area (Å²) in [5.41, 5.74) is 0.292. The van der Waals surface area contributed by atoms with E-state index < -0.39 is 17.7 Å². The Hall–Kier alpha value is -2.00. The monoisotopic (exact) mass is 327 g/mol. The van der Waals surface area contributed by atoms with E-state index in [9.17, 15) is 14.0 Å². The van der Waals surface area contributed by atoms with Gasteiger partial charge in [-0.1, -0.05) is 41.3 Å². The summed E-state index contributed by atoms with van der Waals surface area (Å²) in [4.78, 5) is 22.2. The van der Waals surface area contributed by atoms with Crippen molar-refractivity contribution in [2.45, 2.75) is 10.8 Å². The summed E-state index contributed by atoms with van der Waals surface area (Å²) in [7, 11) is 0. The third-order valence-corrected chi connectivity index (χ3v) is 4.24. The van der Waals surface area contributed by atoms with Crippen LogP contribution in [0.2, 0.25) is 0 Å². The van der Waals surface area contributed by atoms with E-state index in [0.29, 0.717) is 9.90 Å². The Kier molecular flexibility index (Phi) is 5.23. The van der Waals surface area contributed by atoms with Gasteiger partial charge in [-0.15, -0.1) is 10.2 Å². The molecule has 0 fully saturated rings. The van der Waals surface area contributed by atoms with Crippen molar-refractivity contribution in [2.24, 2.45) is 0 Å². The van der Waals surface area contributed by atoms with Gasteiger partial charge in [0.25, 0.3) is 0 Å². The van der Waals surface area contributed by atoms with E-state index in [4.69, 9.17) is 5.11 Å². The molecule has 0 unspecified atom stereocenters. The number of nitrogens with zero attached hydrogens (tertiary/aromatic N) is 2. The van der Waals surface area contributed by atoms with Crippen molar-refractivity contribution in [1.29, 1.82) is 0 Å². The lowest BCUT2D eigenvalue weighted by Crippen LogP contribution is -2.15. The van der Waals surface area contributed by atoms with Crippen molar-refractivity contribution in [1.82, 2.24) is 10.2 Å². The first kappa shape index (κ1) is 15.4. The number of halogens is 1. The number of anilines is 1. The number of rotatable bonds is 6. The molecule has 2 N–H and O–H groups in total. The predicted octanol–water partition coefficient (Wildman–Crippen LogP) is 2.04. The van der Waals surface area contributed by atoms with Crippen LogP contribution in [0.15, 0.2) is 28.6 Å². The molecule has 0 saturated carbocycles. The van der Waals surface area contributed by atoms with Crippen molar-refractivity contribution in [3.05, 3.63) is 35.6 Å². The minimum Gasteiger partial charge on any atom is -0.481 e.